The van der Waals surface area contributed by atoms with Crippen LogP contribution in [0.15, 0.2) is 33.7 Å². The average Bonchev–Trinajstić information content (AvgIpc) is 3.06. The number of nitrogens with two attached hydrogens (primary N) is 1. The third-order valence-corrected chi connectivity index (χ3v) is 4.10. The van der Waals surface area contributed by atoms with Crippen LogP contribution in [0.4, 0.5) is 4.39 Å². The van der Waals surface area contributed by atoms with Crippen LogP contribution in [0.25, 0.3) is 0 Å². The Morgan fingerprint density at radius 3 is 3.10 bits per heavy atom. The summed E-state index contributed by atoms with van der Waals surface area (Å²) in [6.45, 7) is 0.998. The van der Waals surface area contributed by atoms with Crippen molar-refractivity contribution >= 4 is 11.8 Å². The van der Waals surface area contributed by atoms with E-state index < -0.39 is 5.54 Å². The van der Waals surface area contributed by atoms with E-state index >= 15 is 0 Å². The lowest BCUT2D eigenvalue weighted by Crippen LogP contribution is -2.37. The van der Waals surface area contributed by atoms with Gasteiger partial charge in [0.25, 0.3) is 0 Å². The monoisotopic (exact) mass is 295 g/mol. The summed E-state index contributed by atoms with van der Waals surface area (Å²) in [6, 6.07) is 6.39. The van der Waals surface area contributed by atoms with E-state index in [0.717, 1.165) is 4.90 Å². The Morgan fingerprint density at radius 2 is 2.35 bits per heavy atom. The number of nitrogens with zero attached hydrogens (tertiary/aromatic N) is 2. The van der Waals surface area contributed by atoms with Gasteiger partial charge >= 0.3 is 0 Å². The van der Waals surface area contributed by atoms with Crippen LogP contribution in [-0.4, -0.2) is 23.4 Å². The third-order valence-electron chi connectivity index (χ3n) is 3.11. The maximum atomic E-state index is 13.1. The average molecular weight is 295 g/mol. The summed E-state index contributed by atoms with van der Waals surface area (Å²) in [4.78, 5) is 5.13. The minimum atomic E-state index is -0.672. The molecule has 1 atom stereocenters. The van der Waals surface area contributed by atoms with E-state index in [9.17, 15) is 4.39 Å². The molecule has 1 aromatic carbocycles. The van der Waals surface area contributed by atoms with E-state index in [2.05, 4.69) is 10.1 Å². The Balaban J connectivity index is 1.65. The van der Waals surface area contributed by atoms with Crippen molar-refractivity contribution in [3.05, 3.63) is 41.8 Å². The molecule has 0 aliphatic carbocycles. The van der Waals surface area contributed by atoms with Gasteiger partial charge < -0.3 is 15.0 Å². The minimum Gasteiger partial charge on any atom is -0.379 e. The normalized spacial score (nSPS) is 22.3. The van der Waals surface area contributed by atoms with Gasteiger partial charge in [0, 0.05) is 11.5 Å². The summed E-state index contributed by atoms with van der Waals surface area (Å²) in [5, 5.41) is 3.91. The second kappa shape index (κ2) is 5.51. The van der Waals surface area contributed by atoms with Crippen molar-refractivity contribution in [1.82, 2.24) is 10.1 Å². The molecule has 3 rings (SSSR count). The first-order chi connectivity index (χ1) is 9.66. The number of halogens is 1. The van der Waals surface area contributed by atoms with Crippen molar-refractivity contribution in [2.24, 2.45) is 5.73 Å². The molecule has 1 aliphatic heterocycles. The van der Waals surface area contributed by atoms with Gasteiger partial charge in [0.1, 0.15) is 11.4 Å². The summed E-state index contributed by atoms with van der Waals surface area (Å²) >= 11 is 1.45. The van der Waals surface area contributed by atoms with Crippen LogP contribution in [0.1, 0.15) is 18.1 Å². The molecule has 2 N–H and O–H groups in total. The Hall–Kier alpha value is -1.44. The van der Waals surface area contributed by atoms with Crippen molar-refractivity contribution in [1.29, 1.82) is 0 Å². The van der Waals surface area contributed by atoms with Gasteiger partial charge in [0.05, 0.1) is 12.4 Å². The molecule has 1 aromatic heterocycles. The molecule has 1 aliphatic rings. The standard InChI is InChI=1S/C13H14FN3O2S/c14-9-2-1-3-10(6-9)20-7-11-16-12(19-17-11)13(15)4-5-18-8-13/h1-3,6H,4-5,7-8,15H2. The Kier molecular flexibility index (Phi) is 3.73. The summed E-state index contributed by atoms with van der Waals surface area (Å²) in [5.41, 5.74) is 5.47. The number of hydrogen-bond acceptors (Lipinski definition) is 6. The fourth-order valence-electron chi connectivity index (χ4n) is 1.97. The van der Waals surface area contributed by atoms with Crippen LogP contribution in [0, 0.1) is 5.82 Å². The number of thioether (sulfide) groups is 1. The van der Waals surface area contributed by atoms with Gasteiger partial charge in [-0.1, -0.05) is 11.2 Å². The molecule has 0 radical (unpaired) electrons. The van der Waals surface area contributed by atoms with E-state index in [-0.39, 0.29) is 5.82 Å². The fourth-order valence-corrected chi connectivity index (χ4v) is 2.75. The molecule has 1 unspecified atom stereocenters. The quantitative estimate of drug-likeness (QED) is 0.870. The fraction of sp³-hybridized carbons (Fsp3) is 0.385. The van der Waals surface area contributed by atoms with Gasteiger partial charge in [-0.3, -0.25) is 0 Å². The first-order valence-corrected chi connectivity index (χ1v) is 7.22. The summed E-state index contributed by atoms with van der Waals surface area (Å²) in [5.74, 6) is 1.20. The lowest BCUT2D eigenvalue weighted by molar-refractivity contribution is 0.166. The van der Waals surface area contributed by atoms with Crippen molar-refractivity contribution < 1.29 is 13.7 Å². The van der Waals surface area contributed by atoms with Crippen LogP contribution in [0.3, 0.4) is 0 Å². The molecule has 2 heterocycles. The third kappa shape index (κ3) is 2.84. The van der Waals surface area contributed by atoms with Crippen molar-refractivity contribution in [3.8, 4) is 0 Å². The van der Waals surface area contributed by atoms with E-state index in [1.807, 2.05) is 6.07 Å². The van der Waals surface area contributed by atoms with Crippen LogP contribution < -0.4 is 5.73 Å². The second-order valence-corrected chi connectivity index (χ2v) is 5.77. The molecular formula is C13H14FN3O2S. The molecule has 1 fully saturated rings. The first-order valence-electron chi connectivity index (χ1n) is 6.24. The summed E-state index contributed by atoms with van der Waals surface area (Å²) in [7, 11) is 0. The summed E-state index contributed by atoms with van der Waals surface area (Å²) in [6.07, 6.45) is 0.672. The highest BCUT2D eigenvalue weighted by Crippen LogP contribution is 2.27. The van der Waals surface area contributed by atoms with Crippen molar-refractivity contribution in [3.63, 3.8) is 0 Å². The number of benzene rings is 1. The number of hydrogen-bond donors (Lipinski definition) is 1. The maximum Gasteiger partial charge on any atom is 0.249 e. The van der Waals surface area contributed by atoms with Gasteiger partial charge in [0.2, 0.25) is 5.89 Å². The highest BCUT2D eigenvalue weighted by molar-refractivity contribution is 7.98. The highest BCUT2D eigenvalue weighted by atomic mass is 32.2. The van der Waals surface area contributed by atoms with E-state index in [1.54, 1.807) is 6.07 Å². The first kappa shape index (κ1) is 13.5. The number of rotatable bonds is 4. The maximum absolute atomic E-state index is 13.1. The molecule has 0 amide bonds. The van der Waals surface area contributed by atoms with Gasteiger partial charge in [-0.2, -0.15) is 4.98 Å². The molecule has 0 bridgehead atoms. The number of aromatic nitrogens is 2. The zero-order valence-corrected chi connectivity index (χ0v) is 11.5. The Bertz CT molecular complexity index is 599. The molecular weight excluding hydrogens is 281 g/mol. The lowest BCUT2D eigenvalue weighted by Gasteiger charge is -2.14. The van der Waals surface area contributed by atoms with E-state index in [1.165, 1.54) is 23.9 Å². The molecule has 106 valence electrons. The smallest absolute Gasteiger partial charge is 0.249 e. The van der Waals surface area contributed by atoms with Gasteiger partial charge in [-0.15, -0.1) is 11.8 Å². The molecule has 7 heteroatoms. The van der Waals surface area contributed by atoms with Crippen LogP contribution in [0.5, 0.6) is 0 Å². The van der Waals surface area contributed by atoms with Gasteiger partial charge in [-0.05, 0) is 24.6 Å². The predicted octanol–water partition coefficient (Wildman–Crippen LogP) is 2.08. The predicted molar refractivity (Wildman–Crippen MR) is 71.6 cm³/mol. The second-order valence-electron chi connectivity index (χ2n) is 4.72. The van der Waals surface area contributed by atoms with Gasteiger partial charge in [-0.25, -0.2) is 4.39 Å². The number of ether oxygens (including phenoxy) is 1. The molecule has 0 spiro atoms. The topological polar surface area (TPSA) is 74.2 Å². The molecule has 0 saturated carbocycles. The Labute approximate surface area is 119 Å². The Morgan fingerprint density at radius 1 is 1.45 bits per heavy atom. The summed E-state index contributed by atoms with van der Waals surface area (Å²) < 4.78 is 23.5. The SMILES string of the molecule is NC1(c2nc(CSc3cccc(F)c3)no2)CCOC1. The van der Waals surface area contributed by atoms with Gasteiger partial charge in [0.15, 0.2) is 5.82 Å². The largest absolute Gasteiger partial charge is 0.379 e. The molecule has 20 heavy (non-hydrogen) atoms. The van der Waals surface area contributed by atoms with Crippen LogP contribution in [0.2, 0.25) is 0 Å². The van der Waals surface area contributed by atoms with E-state index in [4.69, 9.17) is 15.0 Å². The van der Waals surface area contributed by atoms with E-state index in [0.29, 0.717) is 37.1 Å². The zero-order valence-electron chi connectivity index (χ0n) is 10.7. The van der Waals surface area contributed by atoms with Crippen molar-refractivity contribution in [2.45, 2.75) is 22.6 Å². The van der Waals surface area contributed by atoms with Crippen molar-refractivity contribution in [2.75, 3.05) is 13.2 Å². The van der Waals surface area contributed by atoms with Crippen LogP contribution >= 0.6 is 11.8 Å². The molecule has 5 nitrogen and oxygen atoms in total. The molecule has 1 saturated heterocycles. The highest BCUT2D eigenvalue weighted by Gasteiger charge is 2.38. The minimum absolute atomic E-state index is 0.257. The zero-order chi connectivity index (χ0) is 14.0. The lowest BCUT2D eigenvalue weighted by atomic mass is 10.0. The molecule has 2 aromatic rings. The van der Waals surface area contributed by atoms with Crippen LogP contribution in [-0.2, 0) is 16.0 Å².